The Labute approximate surface area is 109 Å². The van der Waals surface area contributed by atoms with Gasteiger partial charge in [-0.25, -0.2) is 0 Å². The molecular weight excluding hydrogens is 244 g/mol. The summed E-state index contributed by atoms with van der Waals surface area (Å²) in [5, 5.41) is 20.7. The third-order valence-corrected chi connectivity index (χ3v) is 2.34. The van der Waals surface area contributed by atoms with Crippen molar-refractivity contribution in [2.24, 2.45) is 0 Å². The van der Waals surface area contributed by atoms with Crippen molar-refractivity contribution in [3.8, 4) is 11.8 Å². The lowest BCUT2D eigenvalue weighted by molar-refractivity contribution is -0.112. The van der Waals surface area contributed by atoms with E-state index in [2.05, 4.69) is 5.32 Å². The molecule has 0 radical (unpaired) electrons. The molecular formula is C14H10N2O3. The van der Waals surface area contributed by atoms with Crippen molar-refractivity contribution in [3.63, 3.8) is 0 Å². The van der Waals surface area contributed by atoms with Gasteiger partial charge in [0.15, 0.2) is 0 Å². The maximum absolute atomic E-state index is 11.9. The highest BCUT2D eigenvalue weighted by atomic mass is 16.3. The molecule has 0 saturated carbocycles. The highest BCUT2D eigenvalue weighted by Gasteiger charge is 2.09. The van der Waals surface area contributed by atoms with Gasteiger partial charge in [-0.05, 0) is 36.4 Å². The summed E-state index contributed by atoms with van der Waals surface area (Å²) in [6.45, 7) is 0. The third-order valence-electron chi connectivity index (χ3n) is 2.34. The Morgan fingerprint density at radius 3 is 2.63 bits per heavy atom. The Bertz CT molecular complexity index is 634. The molecule has 2 N–H and O–H groups in total. The lowest BCUT2D eigenvalue weighted by Gasteiger charge is -2.03. The average molecular weight is 254 g/mol. The third kappa shape index (κ3) is 3.23. The molecule has 0 saturated heterocycles. The summed E-state index contributed by atoms with van der Waals surface area (Å²) in [6.07, 6.45) is 4.32. The number of phenols is 1. The second kappa shape index (κ2) is 5.56. The van der Waals surface area contributed by atoms with E-state index in [1.165, 1.54) is 30.7 Å². The fourth-order valence-corrected chi connectivity index (χ4v) is 1.42. The summed E-state index contributed by atoms with van der Waals surface area (Å²) < 4.78 is 4.86. The molecule has 5 nitrogen and oxygen atoms in total. The summed E-state index contributed by atoms with van der Waals surface area (Å²) in [6, 6.07) is 9.45. The number of rotatable bonds is 3. The van der Waals surface area contributed by atoms with E-state index in [-0.39, 0.29) is 11.3 Å². The molecule has 1 aromatic carbocycles. The van der Waals surface area contributed by atoms with Gasteiger partial charge in [-0.1, -0.05) is 0 Å². The van der Waals surface area contributed by atoms with E-state index < -0.39 is 5.91 Å². The van der Waals surface area contributed by atoms with Crippen LogP contribution >= 0.6 is 0 Å². The molecule has 94 valence electrons. The summed E-state index contributed by atoms with van der Waals surface area (Å²) >= 11 is 0. The van der Waals surface area contributed by atoms with E-state index in [0.29, 0.717) is 11.3 Å². The van der Waals surface area contributed by atoms with Crippen LogP contribution in [0, 0.1) is 11.3 Å². The average Bonchev–Trinajstić information content (AvgIpc) is 2.91. The fourth-order valence-electron chi connectivity index (χ4n) is 1.42. The van der Waals surface area contributed by atoms with E-state index >= 15 is 0 Å². The molecule has 5 heteroatoms. The number of nitrogens with zero attached hydrogens (tertiary/aromatic N) is 1. The zero-order valence-corrected chi connectivity index (χ0v) is 9.83. The minimum atomic E-state index is -0.519. The van der Waals surface area contributed by atoms with E-state index in [9.17, 15) is 4.79 Å². The normalized spacial score (nSPS) is 10.8. The van der Waals surface area contributed by atoms with Crippen molar-refractivity contribution in [2.75, 3.05) is 5.32 Å². The molecule has 0 aliphatic rings. The predicted molar refractivity (Wildman–Crippen MR) is 69.0 cm³/mol. The zero-order valence-electron chi connectivity index (χ0n) is 9.83. The Morgan fingerprint density at radius 2 is 2.05 bits per heavy atom. The fraction of sp³-hybridized carbons (Fsp3) is 0. The van der Waals surface area contributed by atoms with E-state index in [1.54, 1.807) is 18.2 Å². The van der Waals surface area contributed by atoms with Crippen molar-refractivity contribution in [1.29, 1.82) is 5.26 Å². The van der Waals surface area contributed by atoms with Gasteiger partial charge in [0.05, 0.1) is 12.5 Å². The van der Waals surface area contributed by atoms with Gasteiger partial charge in [-0.15, -0.1) is 0 Å². The quantitative estimate of drug-likeness (QED) is 0.500. The van der Waals surface area contributed by atoms with Crippen LogP contribution in [0.15, 0.2) is 52.8 Å². The number of benzene rings is 1. The van der Waals surface area contributed by atoms with Crippen LogP contribution in [-0.4, -0.2) is 11.0 Å². The lowest BCUT2D eigenvalue weighted by Crippen LogP contribution is -2.13. The topological polar surface area (TPSA) is 86.3 Å². The lowest BCUT2D eigenvalue weighted by atomic mass is 10.2. The maximum Gasteiger partial charge on any atom is 0.266 e. The molecule has 0 aliphatic carbocycles. The van der Waals surface area contributed by atoms with Gasteiger partial charge in [0.1, 0.15) is 17.4 Å². The van der Waals surface area contributed by atoms with E-state index in [1.807, 2.05) is 6.07 Å². The van der Waals surface area contributed by atoms with Crippen molar-refractivity contribution < 1.29 is 14.3 Å². The molecule has 2 rings (SSSR count). The zero-order chi connectivity index (χ0) is 13.7. The Morgan fingerprint density at radius 1 is 1.32 bits per heavy atom. The van der Waals surface area contributed by atoms with Crippen LogP contribution in [0.5, 0.6) is 5.75 Å². The molecule has 0 bridgehead atoms. The number of carbonyl (C=O) groups is 1. The number of hydrogen-bond donors (Lipinski definition) is 2. The number of aromatic hydroxyl groups is 1. The maximum atomic E-state index is 11.9. The summed E-state index contributed by atoms with van der Waals surface area (Å²) in [5.74, 6) is -0.415. The molecule has 0 unspecified atom stereocenters. The molecule has 0 spiro atoms. The molecule has 1 aromatic heterocycles. The minimum Gasteiger partial charge on any atom is -0.508 e. The first-order valence-electron chi connectivity index (χ1n) is 5.43. The van der Waals surface area contributed by atoms with Crippen LogP contribution < -0.4 is 5.32 Å². The highest BCUT2D eigenvalue weighted by Crippen LogP contribution is 2.15. The molecule has 19 heavy (non-hydrogen) atoms. The van der Waals surface area contributed by atoms with Gasteiger partial charge in [-0.2, -0.15) is 5.26 Å². The van der Waals surface area contributed by atoms with Gasteiger partial charge in [0.2, 0.25) is 0 Å². The molecule has 1 heterocycles. The standard InChI is InChI=1S/C14H10N2O3/c15-8-11(7-10-5-6-19-9-10)14(18)16-12-1-3-13(17)4-2-12/h1-7,9,17H,(H,16,18). The summed E-state index contributed by atoms with van der Waals surface area (Å²) in [7, 11) is 0. The van der Waals surface area contributed by atoms with Crippen LogP contribution in [0.4, 0.5) is 5.69 Å². The molecule has 0 aliphatic heterocycles. The Hall–Kier alpha value is -3.00. The monoisotopic (exact) mass is 254 g/mol. The van der Waals surface area contributed by atoms with Crippen LogP contribution in [0.2, 0.25) is 0 Å². The molecule has 0 atom stereocenters. The minimum absolute atomic E-state index is 0.0329. The summed E-state index contributed by atoms with van der Waals surface area (Å²) in [5.41, 5.74) is 1.10. The second-order valence-corrected chi connectivity index (χ2v) is 3.73. The summed E-state index contributed by atoms with van der Waals surface area (Å²) in [4.78, 5) is 11.9. The second-order valence-electron chi connectivity index (χ2n) is 3.73. The van der Waals surface area contributed by atoms with Crippen LogP contribution in [0.25, 0.3) is 6.08 Å². The number of anilines is 1. The van der Waals surface area contributed by atoms with Crippen molar-refractivity contribution >= 4 is 17.7 Å². The number of nitriles is 1. The number of carbonyl (C=O) groups excluding carboxylic acids is 1. The predicted octanol–water partition coefficient (Wildman–Crippen LogP) is 2.53. The van der Waals surface area contributed by atoms with E-state index in [4.69, 9.17) is 14.8 Å². The number of hydrogen-bond acceptors (Lipinski definition) is 4. The van der Waals surface area contributed by atoms with Crippen LogP contribution in [-0.2, 0) is 4.79 Å². The first-order valence-corrected chi connectivity index (χ1v) is 5.43. The number of phenolic OH excluding ortho intramolecular Hbond substituents is 1. The van der Waals surface area contributed by atoms with Crippen LogP contribution in [0.1, 0.15) is 5.56 Å². The highest BCUT2D eigenvalue weighted by molar-refractivity contribution is 6.09. The number of furan rings is 1. The molecule has 2 aromatic rings. The Balaban J connectivity index is 2.14. The molecule has 1 amide bonds. The van der Waals surface area contributed by atoms with Gasteiger partial charge >= 0.3 is 0 Å². The van der Waals surface area contributed by atoms with Crippen LogP contribution in [0.3, 0.4) is 0 Å². The number of nitrogens with one attached hydrogen (secondary N) is 1. The SMILES string of the molecule is N#CC(=Cc1ccoc1)C(=O)Nc1ccc(O)cc1. The first-order chi connectivity index (χ1) is 9.19. The van der Waals surface area contributed by atoms with Crippen molar-refractivity contribution in [2.45, 2.75) is 0 Å². The first kappa shape index (κ1) is 12.5. The smallest absolute Gasteiger partial charge is 0.266 e. The van der Waals surface area contributed by atoms with Gasteiger partial charge < -0.3 is 14.8 Å². The van der Waals surface area contributed by atoms with Gasteiger partial charge in [0.25, 0.3) is 5.91 Å². The number of amides is 1. The largest absolute Gasteiger partial charge is 0.508 e. The van der Waals surface area contributed by atoms with Crippen molar-refractivity contribution in [3.05, 3.63) is 54.0 Å². The van der Waals surface area contributed by atoms with Gasteiger partial charge in [0, 0.05) is 11.3 Å². The van der Waals surface area contributed by atoms with Gasteiger partial charge in [-0.3, -0.25) is 4.79 Å². The molecule has 0 fully saturated rings. The van der Waals surface area contributed by atoms with E-state index in [0.717, 1.165) is 0 Å². The Kier molecular flexibility index (Phi) is 3.64. The van der Waals surface area contributed by atoms with Crippen molar-refractivity contribution in [1.82, 2.24) is 0 Å².